The fraction of sp³-hybridized carbons (Fsp3) is 0.118. The van der Waals surface area contributed by atoms with E-state index in [4.69, 9.17) is 11.6 Å². The van der Waals surface area contributed by atoms with Gasteiger partial charge in [0.05, 0.1) is 10.7 Å². The van der Waals surface area contributed by atoms with Gasteiger partial charge in [-0.05, 0) is 35.7 Å². The van der Waals surface area contributed by atoms with E-state index in [0.29, 0.717) is 0 Å². The Balaban J connectivity index is 1.81. The number of nitrogens with zero attached hydrogens (tertiary/aromatic N) is 1. The summed E-state index contributed by atoms with van der Waals surface area (Å²) < 4.78 is 0. The monoisotopic (exact) mass is 297 g/mol. The molecule has 1 aliphatic rings. The highest BCUT2D eigenvalue weighted by Gasteiger charge is 2.22. The van der Waals surface area contributed by atoms with Crippen molar-refractivity contribution in [3.63, 3.8) is 0 Å². The maximum atomic E-state index is 6.08. The highest BCUT2D eigenvalue weighted by Crippen LogP contribution is 2.40. The first kappa shape index (κ1) is 12.1. The molecule has 2 aromatic carbocycles. The number of benzene rings is 2. The highest BCUT2D eigenvalue weighted by atomic mass is 35.5. The van der Waals surface area contributed by atoms with Crippen LogP contribution in [0.3, 0.4) is 0 Å². The van der Waals surface area contributed by atoms with E-state index < -0.39 is 0 Å². The van der Waals surface area contributed by atoms with Crippen LogP contribution in [0.2, 0.25) is 5.02 Å². The molecule has 0 atom stereocenters. The van der Waals surface area contributed by atoms with Crippen LogP contribution in [0.4, 0.5) is 0 Å². The lowest BCUT2D eigenvalue weighted by atomic mass is 10.0. The molecule has 1 aromatic heterocycles. The van der Waals surface area contributed by atoms with Gasteiger partial charge in [0.2, 0.25) is 0 Å². The number of fused-ring (bicyclic) bond motifs is 3. The van der Waals surface area contributed by atoms with E-state index in [0.717, 1.165) is 16.5 Å². The minimum atomic E-state index is 0.777. The van der Waals surface area contributed by atoms with Crippen molar-refractivity contribution in [3.05, 3.63) is 62.9 Å². The summed E-state index contributed by atoms with van der Waals surface area (Å²) in [6.07, 6.45) is 1.00. The molecule has 0 spiro atoms. The first-order valence-corrected chi connectivity index (χ1v) is 7.76. The van der Waals surface area contributed by atoms with Gasteiger partial charge in [0.1, 0.15) is 0 Å². The minimum Gasteiger partial charge on any atom is -0.241 e. The lowest BCUT2D eigenvalue weighted by Gasteiger charge is -2.06. The smallest absolute Gasteiger partial charge is 0.0904 e. The number of hydrogen-bond donors (Lipinski definition) is 0. The molecule has 1 heterocycles. The van der Waals surface area contributed by atoms with Crippen molar-refractivity contribution in [3.8, 4) is 22.4 Å². The van der Waals surface area contributed by atoms with Crippen LogP contribution in [0.25, 0.3) is 22.4 Å². The number of halogens is 1. The minimum absolute atomic E-state index is 0.777. The molecule has 1 nitrogen and oxygen atoms in total. The molecule has 0 N–H and O–H groups in total. The maximum absolute atomic E-state index is 6.08. The number of thiazole rings is 1. The van der Waals surface area contributed by atoms with Crippen molar-refractivity contribution < 1.29 is 0 Å². The average Bonchev–Trinajstić information content (AvgIpc) is 2.93. The molecule has 98 valence electrons. The molecular weight excluding hydrogens is 286 g/mol. The van der Waals surface area contributed by atoms with Gasteiger partial charge in [0.25, 0.3) is 0 Å². The van der Waals surface area contributed by atoms with E-state index in [2.05, 4.69) is 36.2 Å². The zero-order valence-corrected chi connectivity index (χ0v) is 12.6. The van der Waals surface area contributed by atoms with Gasteiger partial charge >= 0.3 is 0 Å². The summed E-state index contributed by atoms with van der Waals surface area (Å²) in [5.74, 6) is 0. The molecule has 4 rings (SSSR count). The zero-order chi connectivity index (χ0) is 13.7. The molecule has 0 aliphatic heterocycles. The van der Waals surface area contributed by atoms with Crippen molar-refractivity contribution in [2.24, 2.45) is 0 Å². The van der Waals surface area contributed by atoms with Gasteiger partial charge in [-0.3, -0.25) is 0 Å². The van der Waals surface area contributed by atoms with Crippen molar-refractivity contribution in [1.82, 2.24) is 4.98 Å². The van der Waals surface area contributed by atoms with Crippen LogP contribution in [0, 0.1) is 6.92 Å². The number of rotatable bonds is 1. The molecule has 0 saturated heterocycles. The summed E-state index contributed by atoms with van der Waals surface area (Å²) in [4.78, 5) is 6.04. The second-order valence-corrected chi connectivity index (χ2v) is 6.79. The van der Waals surface area contributed by atoms with E-state index >= 15 is 0 Å². The molecule has 0 bridgehead atoms. The molecule has 0 radical (unpaired) electrons. The van der Waals surface area contributed by atoms with Gasteiger partial charge in [0.15, 0.2) is 0 Å². The van der Waals surface area contributed by atoms with Gasteiger partial charge < -0.3 is 0 Å². The Bertz CT molecular complexity index is 820. The number of aryl methyl sites for hydroxylation is 1. The molecule has 0 fully saturated rings. The van der Waals surface area contributed by atoms with Gasteiger partial charge in [0, 0.05) is 21.9 Å². The molecule has 0 unspecified atom stereocenters. The van der Waals surface area contributed by atoms with E-state index in [-0.39, 0.29) is 0 Å². The third kappa shape index (κ3) is 1.88. The fourth-order valence-corrected chi connectivity index (χ4v) is 3.95. The van der Waals surface area contributed by atoms with Crippen LogP contribution in [0.15, 0.2) is 42.5 Å². The molecule has 1 aliphatic carbocycles. The van der Waals surface area contributed by atoms with Crippen LogP contribution < -0.4 is 0 Å². The Morgan fingerprint density at radius 3 is 2.80 bits per heavy atom. The zero-order valence-electron chi connectivity index (χ0n) is 11.0. The molecule has 0 amide bonds. The SMILES string of the molecule is Cc1nc2c(s1)Cc1cc(-c3cccc(Cl)c3)ccc1-2. The summed E-state index contributed by atoms with van der Waals surface area (Å²) in [6.45, 7) is 2.07. The van der Waals surface area contributed by atoms with E-state index in [1.54, 1.807) is 11.3 Å². The summed E-state index contributed by atoms with van der Waals surface area (Å²) in [6, 6.07) is 14.6. The predicted molar refractivity (Wildman–Crippen MR) is 85.5 cm³/mol. The summed E-state index contributed by atoms with van der Waals surface area (Å²) in [5.41, 5.74) is 6.23. The molecule has 3 heteroatoms. The van der Waals surface area contributed by atoms with Crippen LogP contribution in [-0.4, -0.2) is 4.98 Å². The lowest BCUT2D eigenvalue weighted by molar-refractivity contribution is 1.29. The standard InChI is InChI=1S/C17H12ClNS/c1-10-19-17-15-6-5-12(7-13(15)9-16(17)20-10)11-3-2-4-14(18)8-11/h2-8H,9H2,1H3. The molecule has 20 heavy (non-hydrogen) atoms. The largest absolute Gasteiger partial charge is 0.241 e. The van der Waals surface area contributed by atoms with E-state index in [9.17, 15) is 0 Å². The summed E-state index contributed by atoms with van der Waals surface area (Å²) in [5, 5.41) is 1.93. The fourth-order valence-electron chi connectivity index (χ4n) is 2.79. The third-order valence-corrected chi connectivity index (χ3v) is 4.88. The highest BCUT2D eigenvalue weighted by molar-refractivity contribution is 7.12. The van der Waals surface area contributed by atoms with Gasteiger partial charge in [-0.2, -0.15) is 0 Å². The van der Waals surface area contributed by atoms with Crippen molar-refractivity contribution in [2.45, 2.75) is 13.3 Å². The second kappa shape index (κ2) is 4.44. The lowest BCUT2D eigenvalue weighted by Crippen LogP contribution is -1.85. The van der Waals surface area contributed by atoms with E-state index in [1.807, 2.05) is 18.2 Å². The quantitative estimate of drug-likeness (QED) is 0.462. The summed E-state index contributed by atoms with van der Waals surface area (Å²) >= 11 is 7.88. The first-order valence-electron chi connectivity index (χ1n) is 6.56. The number of hydrogen-bond acceptors (Lipinski definition) is 2. The van der Waals surface area contributed by atoms with Crippen LogP contribution in [0.5, 0.6) is 0 Å². The Hall–Kier alpha value is -1.64. The Labute approximate surface area is 126 Å². The maximum Gasteiger partial charge on any atom is 0.0904 e. The van der Waals surface area contributed by atoms with Crippen molar-refractivity contribution in [1.29, 1.82) is 0 Å². The van der Waals surface area contributed by atoms with Gasteiger partial charge in [-0.15, -0.1) is 11.3 Å². The number of aromatic nitrogens is 1. The second-order valence-electron chi connectivity index (χ2n) is 5.06. The Morgan fingerprint density at radius 2 is 1.95 bits per heavy atom. The predicted octanol–water partition coefficient (Wildman–Crippen LogP) is 5.34. The first-order chi connectivity index (χ1) is 9.70. The molecular formula is C17H12ClNS. The third-order valence-electron chi connectivity index (χ3n) is 3.67. The van der Waals surface area contributed by atoms with Gasteiger partial charge in [-0.1, -0.05) is 41.9 Å². The van der Waals surface area contributed by atoms with Crippen molar-refractivity contribution >= 4 is 22.9 Å². The van der Waals surface area contributed by atoms with Gasteiger partial charge in [-0.25, -0.2) is 4.98 Å². The van der Waals surface area contributed by atoms with Crippen LogP contribution in [0.1, 0.15) is 15.4 Å². The Morgan fingerprint density at radius 1 is 1.10 bits per heavy atom. The van der Waals surface area contributed by atoms with Crippen LogP contribution >= 0.6 is 22.9 Å². The molecule has 3 aromatic rings. The Kier molecular flexibility index (Phi) is 2.69. The normalized spacial score (nSPS) is 12.3. The molecule has 0 saturated carbocycles. The van der Waals surface area contributed by atoms with Crippen LogP contribution in [-0.2, 0) is 6.42 Å². The van der Waals surface area contributed by atoms with E-state index in [1.165, 1.54) is 32.8 Å². The topological polar surface area (TPSA) is 12.9 Å². The summed E-state index contributed by atoms with van der Waals surface area (Å²) in [7, 11) is 0. The van der Waals surface area contributed by atoms with Crippen molar-refractivity contribution in [2.75, 3.05) is 0 Å². The average molecular weight is 298 g/mol.